The van der Waals surface area contributed by atoms with E-state index in [0.29, 0.717) is 13.2 Å². The Hall–Kier alpha value is -0.900. The number of hydrogen-bond acceptors (Lipinski definition) is 3. The van der Waals surface area contributed by atoms with Crippen LogP contribution in [0.3, 0.4) is 0 Å². The first-order valence-corrected chi connectivity index (χ1v) is 6.67. The van der Waals surface area contributed by atoms with Crippen LogP contribution in [0.2, 0.25) is 0 Å². The maximum Gasteiger partial charge on any atom is 0.107 e. The third-order valence-corrected chi connectivity index (χ3v) is 3.54. The lowest BCUT2D eigenvalue weighted by molar-refractivity contribution is -0.183. The Bertz CT molecular complexity index is 352. The SMILES string of the molecule is CCC1OCC(C)[C@@H](OCc2ccccc2)[C@@H]1O. The fourth-order valence-corrected chi connectivity index (χ4v) is 2.41. The maximum atomic E-state index is 10.2. The quantitative estimate of drug-likeness (QED) is 0.891. The van der Waals surface area contributed by atoms with E-state index in [4.69, 9.17) is 9.47 Å². The van der Waals surface area contributed by atoms with Gasteiger partial charge in [-0.05, 0) is 12.0 Å². The minimum absolute atomic E-state index is 0.0954. The number of ether oxygens (including phenoxy) is 2. The van der Waals surface area contributed by atoms with Crippen LogP contribution < -0.4 is 0 Å². The Balaban J connectivity index is 1.94. The first-order valence-electron chi connectivity index (χ1n) is 6.67. The van der Waals surface area contributed by atoms with Gasteiger partial charge in [0.1, 0.15) is 6.10 Å². The van der Waals surface area contributed by atoms with Gasteiger partial charge in [0.05, 0.1) is 25.4 Å². The van der Waals surface area contributed by atoms with Crippen molar-refractivity contribution in [3.63, 3.8) is 0 Å². The maximum absolute atomic E-state index is 10.2. The third kappa shape index (κ3) is 3.10. The van der Waals surface area contributed by atoms with Gasteiger partial charge in [0.2, 0.25) is 0 Å². The Morgan fingerprint density at radius 3 is 2.72 bits per heavy atom. The minimum atomic E-state index is -0.525. The van der Waals surface area contributed by atoms with Crippen molar-refractivity contribution >= 4 is 0 Å². The van der Waals surface area contributed by atoms with Gasteiger partial charge in [0.15, 0.2) is 0 Å². The molecule has 1 N–H and O–H groups in total. The van der Waals surface area contributed by atoms with Gasteiger partial charge in [-0.25, -0.2) is 0 Å². The van der Waals surface area contributed by atoms with Crippen molar-refractivity contribution in [1.29, 1.82) is 0 Å². The summed E-state index contributed by atoms with van der Waals surface area (Å²) in [5, 5.41) is 10.2. The molecule has 1 fully saturated rings. The van der Waals surface area contributed by atoms with Crippen LogP contribution in [-0.4, -0.2) is 30.0 Å². The smallest absolute Gasteiger partial charge is 0.107 e. The molecule has 1 saturated heterocycles. The standard InChI is InChI=1S/C15H22O3/c1-3-13-14(16)15(11(2)9-17-13)18-10-12-7-5-4-6-8-12/h4-8,11,13-16H,3,9-10H2,1-2H3/t11?,13?,14-,15-/m1/s1. The Labute approximate surface area is 109 Å². The molecule has 1 aromatic rings. The van der Waals surface area contributed by atoms with E-state index in [0.717, 1.165) is 12.0 Å². The zero-order chi connectivity index (χ0) is 13.0. The third-order valence-electron chi connectivity index (χ3n) is 3.54. The molecule has 1 aliphatic heterocycles. The van der Waals surface area contributed by atoms with Gasteiger partial charge in [0.25, 0.3) is 0 Å². The average Bonchev–Trinajstić information content (AvgIpc) is 2.40. The predicted molar refractivity (Wildman–Crippen MR) is 70.2 cm³/mol. The highest BCUT2D eigenvalue weighted by molar-refractivity contribution is 5.13. The number of rotatable bonds is 4. The van der Waals surface area contributed by atoms with E-state index in [1.54, 1.807) is 0 Å². The summed E-state index contributed by atoms with van der Waals surface area (Å²) in [5.74, 6) is 0.228. The average molecular weight is 250 g/mol. The summed E-state index contributed by atoms with van der Waals surface area (Å²) in [6.07, 6.45) is 0.0624. The molecule has 0 aliphatic carbocycles. The Morgan fingerprint density at radius 1 is 1.33 bits per heavy atom. The second-order valence-electron chi connectivity index (χ2n) is 5.01. The minimum Gasteiger partial charge on any atom is -0.388 e. The summed E-state index contributed by atoms with van der Waals surface area (Å²) in [4.78, 5) is 0. The molecular formula is C15H22O3. The molecule has 0 spiro atoms. The van der Waals surface area contributed by atoms with E-state index in [1.165, 1.54) is 0 Å². The Morgan fingerprint density at radius 2 is 2.06 bits per heavy atom. The van der Waals surface area contributed by atoms with Crippen molar-refractivity contribution in [3.8, 4) is 0 Å². The summed E-state index contributed by atoms with van der Waals surface area (Å²) < 4.78 is 11.5. The summed E-state index contributed by atoms with van der Waals surface area (Å²) in [6.45, 7) is 5.29. The second kappa shape index (κ2) is 6.32. The molecule has 4 atom stereocenters. The van der Waals surface area contributed by atoms with Crippen molar-refractivity contribution in [1.82, 2.24) is 0 Å². The van der Waals surface area contributed by atoms with Crippen molar-refractivity contribution < 1.29 is 14.6 Å². The van der Waals surface area contributed by atoms with Crippen LogP contribution in [0.15, 0.2) is 30.3 Å². The lowest BCUT2D eigenvalue weighted by Crippen LogP contribution is -2.50. The highest BCUT2D eigenvalue weighted by atomic mass is 16.5. The number of benzene rings is 1. The normalized spacial score (nSPS) is 32.4. The van der Waals surface area contributed by atoms with Gasteiger partial charge in [-0.1, -0.05) is 44.2 Å². The molecule has 0 bridgehead atoms. The lowest BCUT2D eigenvalue weighted by atomic mass is 9.92. The zero-order valence-corrected chi connectivity index (χ0v) is 11.1. The predicted octanol–water partition coefficient (Wildman–Crippen LogP) is 2.38. The molecule has 2 unspecified atom stereocenters. The van der Waals surface area contributed by atoms with Crippen molar-refractivity contribution in [2.45, 2.75) is 45.2 Å². The summed E-state index contributed by atoms with van der Waals surface area (Å²) in [6, 6.07) is 10.1. The van der Waals surface area contributed by atoms with Gasteiger partial charge < -0.3 is 14.6 Å². The lowest BCUT2D eigenvalue weighted by Gasteiger charge is -2.38. The summed E-state index contributed by atoms with van der Waals surface area (Å²) in [5.41, 5.74) is 1.14. The van der Waals surface area contributed by atoms with Crippen molar-refractivity contribution in [3.05, 3.63) is 35.9 Å². The molecular weight excluding hydrogens is 228 g/mol. The van der Waals surface area contributed by atoms with Gasteiger partial charge >= 0.3 is 0 Å². The molecule has 2 rings (SSSR count). The molecule has 1 aliphatic rings. The molecule has 1 heterocycles. The Kier molecular flexibility index (Phi) is 4.75. The number of aliphatic hydroxyl groups excluding tert-OH is 1. The van der Waals surface area contributed by atoms with E-state index >= 15 is 0 Å². The molecule has 18 heavy (non-hydrogen) atoms. The van der Waals surface area contributed by atoms with Crippen molar-refractivity contribution in [2.75, 3.05) is 6.61 Å². The molecule has 3 nitrogen and oxygen atoms in total. The van der Waals surface area contributed by atoms with Crippen LogP contribution in [0.1, 0.15) is 25.8 Å². The number of hydrogen-bond donors (Lipinski definition) is 1. The topological polar surface area (TPSA) is 38.7 Å². The summed E-state index contributed by atoms with van der Waals surface area (Å²) in [7, 11) is 0. The van der Waals surface area contributed by atoms with Crippen LogP contribution in [0.25, 0.3) is 0 Å². The van der Waals surface area contributed by atoms with Gasteiger partial charge in [-0.2, -0.15) is 0 Å². The fourth-order valence-electron chi connectivity index (χ4n) is 2.41. The van der Waals surface area contributed by atoms with Gasteiger partial charge in [0, 0.05) is 5.92 Å². The molecule has 1 aromatic carbocycles. The second-order valence-corrected chi connectivity index (χ2v) is 5.01. The first-order chi connectivity index (χ1) is 8.72. The monoisotopic (exact) mass is 250 g/mol. The van der Waals surface area contributed by atoms with E-state index in [1.807, 2.05) is 37.3 Å². The van der Waals surface area contributed by atoms with Gasteiger partial charge in [-0.15, -0.1) is 0 Å². The van der Waals surface area contributed by atoms with Crippen molar-refractivity contribution in [2.24, 2.45) is 5.92 Å². The van der Waals surface area contributed by atoms with Crippen LogP contribution in [0.5, 0.6) is 0 Å². The first kappa shape index (κ1) is 13.5. The molecule has 0 saturated carbocycles. The van der Waals surface area contributed by atoms with Crippen LogP contribution in [0.4, 0.5) is 0 Å². The van der Waals surface area contributed by atoms with Gasteiger partial charge in [-0.3, -0.25) is 0 Å². The molecule has 3 heteroatoms. The summed E-state index contributed by atoms with van der Waals surface area (Å²) >= 11 is 0. The van der Waals surface area contributed by atoms with E-state index in [2.05, 4.69) is 6.92 Å². The van der Waals surface area contributed by atoms with Crippen LogP contribution in [-0.2, 0) is 16.1 Å². The molecule has 0 aromatic heterocycles. The van der Waals surface area contributed by atoms with E-state index in [-0.39, 0.29) is 18.1 Å². The fraction of sp³-hybridized carbons (Fsp3) is 0.600. The molecule has 100 valence electrons. The van der Waals surface area contributed by atoms with E-state index < -0.39 is 6.10 Å². The molecule has 0 amide bonds. The largest absolute Gasteiger partial charge is 0.388 e. The van der Waals surface area contributed by atoms with Crippen LogP contribution >= 0.6 is 0 Å². The highest BCUT2D eigenvalue weighted by Gasteiger charge is 2.37. The zero-order valence-electron chi connectivity index (χ0n) is 11.1. The number of aliphatic hydroxyl groups is 1. The molecule has 0 radical (unpaired) electrons. The highest BCUT2D eigenvalue weighted by Crippen LogP contribution is 2.25. The van der Waals surface area contributed by atoms with E-state index in [9.17, 15) is 5.11 Å². The van der Waals surface area contributed by atoms with Crippen LogP contribution in [0, 0.1) is 5.92 Å².